The molecule has 0 unspecified atom stereocenters. The van der Waals surface area contributed by atoms with E-state index >= 15 is 0 Å². The molecule has 192 valence electrons. The van der Waals surface area contributed by atoms with Crippen LogP contribution in [0.2, 0.25) is 0 Å². The van der Waals surface area contributed by atoms with E-state index in [1.165, 1.54) is 6.20 Å². The maximum Gasteiger partial charge on any atom is 0.274 e. The number of aryl methyl sites for hydroxylation is 2. The first-order valence-electron chi connectivity index (χ1n) is 12.7. The zero-order valence-corrected chi connectivity index (χ0v) is 21.4. The third-order valence-electron chi connectivity index (χ3n) is 8.59. The van der Waals surface area contributed by atoms with Crippen LogP contribution in [0.1, 0.15) is 32.1 Å². The lowest BCUT2D eigenvalue weighted by molar-refractivity contribution is -0.158. The van der Waals surface area contributed by atoms with Crippen LogP contribution in [0.5, 0.6) is 5.88 Å². The number of fused-ring (bicyclic) bond motifs is 5. The number of anilines is 1. The number of likely N-dealkylation sites (N-methyl/N-ethyl adjacent to an activating group) is 1. The fourth-order valence-corrected chi connectivity index (χ4v) is 6.07. The van der Waals surface area contributed by atoms with E-state index in [0.717, 1.165) is 36.6 Å². The van der Waals surface area contributed by atoms with Gasteiger partial charge < -0.3 is 18.9 Å². The average molecular weight is 502 g/mol. The van der Waals surface area contributed by atoms with Crippen molar-refractivity contribution in [3.8, 4) is 5.88 Å². The van der Waals surface area contributed by atoms with Gasteiger partial charge in [-0.25, -0.2) is 4.98 Å². The molecular formula is C28H31N5O4. The molecule has 3 aliphatic rings. The number of para-hydroxylation sites is 1. The first-order chi connectivity index (χ1) is 17.8. The molecule has 0 N–H and O–H groups in total. The predicted octanol–water partition coefficient (Wildman–Crippen LogP) is 3.26. The fourth-order valence-electron chi connectivity index (χ4n) is 6.07. The second-order valence-electron chi connectivity index (χ2n) is 10.4. The molecule has 0 amide bonds. The standard InChI is InChI=1S/C28H31N5O4/c1-31-21-7-5-4-6-19(21)16-22(26(31)35)32(2)27-10-12-28(13-11-27,37-18-27)14-15-33-24(34)17-29-20-8-9-23(36-3)30-25(20)33/h4-9,16-17H,10-15,18H2,1-3H3. The van der Waals surface area contributed by atoms with Gasteiger partial charge in [-0.1, -0.05) is 18.2 Å². The van der Waals surface area contributed by atoms with Gasteiger partial charge in [-0.3, -0.25) is 14.2 Å². The van der Waals surface area contributed by atoms with E-state index in [9.17, 15) is 9.59 Å². The van der Waals surface area contributed by atoms with Crippen molar-refractivity contribution in [1.29, 1.82) is 0 Å². The van der Waals surface area contributed by atoms with Gasteiger partial charge >= 0.3 is 0 Å². The molecule has 37 heavy (non-hydrogen) atoms. The van der Waals surface area contributed by atoms with Gasteiger partial charge in [-0.2, -0.15) is 4.98 Å². The van der Waals surface area contributed by atoms with Gasteiger partial charge in [0.2, 0.25) is 5.88 Å². The number of methoxy groups -OCH3 is 1. The molecule has 9 nitrogen and oxygen atoms in total. The highest BCUT2D eigenvalue weighted by Gasteiger charge is 2.52. The Kier molecular flexibility index (Phi) is 5.56. The van der Waals surface area contributed by atoms with E-state index < -0.39 is 0 Å². The number of hydrogen-bond donors (Lipinski definition) is 0. The summed E-state index contributed by atoms with van der Waals surface area (Å²) in [5.41, 5.74) is 2.13. The van der Waals surface area contributed by atoms with Crippen molar-refractivity contribution in [3.05, 3.63) is 69.4 Å². The Labute approximate surface area is 214 Å². The quantitative estimate of drug-likeness (QED) is 0.401. The van der Waals surface area contributed by atoms with E-state index in [0.29, 0.717) is 42.3 Å². The minimum atomic E-state index is -0.287. The van der Waals surface area contributed by atoms with Crippen molar-refractivity contribution in [2.45, 2.75) is 49.8 Å². The summed E-state index contributed by atoms with van der Waals surface area (Å²) in [6, 6.07) is 13.5. The third-order valence-corrected chi connectivity index (χ3v) is 8.59. The smallest absolute Gasteiger partial charge is 0.274 e. The lowest BCUT2D eigenvalue weighted by Crippen LogP contribution is -2.63. The number of nitrogens with zero attached hydrogens (tertiary/aromatic N) is 5. The molecule has 1 saturated carbocycles. The van der Waals surface area contributed by atoms with Crippen LogP contribution >= 0.6 is 0 Å². The SMILES string of the molecule is COc1ccc2ncc(=O)n(CCC34CCC(N(C)c5cc6ccccc6n(C)c5=O)(CC3)CO4)c2n1. The zero-order chi connectivity index (χ0) is 25.8. The summed E-state index contributed by atoms with van der Waals surface area (Å²) in [5, 5.41) is 1.05. The summed E-state index contributed by atoms with van der Waals surface area (Å²) in [6.07, 6.45) is 5.66. The fraction of sp³-hybridized carbons (Fsp3) is 0.429. The highest BCUT2D eigenvalue weighted by atomic mass is 16.5. The van der Waals surface area contributed by atoms with Crippen molar-refractivity contribution in [2.75, 3.05) is 25.7 Å². The maximum atomic E-state index is 13.3. The summed E-state index contributed by atoms with van der Waals surface area (Å²) < 4.78 is 15.2. The summed E-state index contributed by atoms with van der Waals surface area (Å²) in [5.74, 6) is 0.450. The Morgan fingerprint density at radius 1 is 1.11 bits per heavy atom. The average Bonchev–Trinajstić information content (AvgIpc) is 2.94. The topological polar surface area (TPSA) is 91.5 Å². The highest BCUT2D eigenvalue weighted by Crippen LogP contribution is 2.48. The second kappa shape index (κ2) is 8.69. The van der Waals surface area contributed by atoms with Crippen molar-refractivity contribution in [3.63, 3.8) is 0 Å². The summed E-state index contributed by atoms with van der Waals surface area (Å²) in [4.78, 5) is 36.8. The number of benzene rings is 1. The first-order valence-corrected chi connectivity index (χ1v) is 12.7. The van der Waals surface area contributed by atoms with Gasteiger partial charge in [-0.05, 0) is 50.3 Å². The molecule has 0 radical (unpaired) electrons. The third kappa shape index (κ3) is 3.80. The van der Waals surface area contributed by atoms with Crippen molar-refractivity contribution >= 4 is 27.8 Å². The van der Waals surface area contributed by atoms with Gasteiger partial charge in [0.05, 0.1) is 36.6 Å². The summed E-state index contributed by atoms with van der Waals surface area (Å²) in [6.45, 7) is 1.05. The number of rotatable bonds is 6. The van der Waals surface area contributed by atoms with Gasteiger partial charge in [-0.15, -0.1) is 0 Å². The Morgan fingerprint density at radius 2 is 1.89 bits per heavy atom. The van der Waals surface area contributed by atoms with Crippen LogP contribution in [0.25, 0.3) is 22.1 Å². The molecule has 0 atom stereocenters. The van der Waals surface area contributed by atoms with E-state index in [2.05, 4.69) is 14.9 Å². The van der Waals surface area contributed by atoms with Crippen molar-refractivity contribution < 1.29 is 9.47 Å². The predicted molar refractivity (Wildman–Crippen MR) is 142 cm³/mol. The minimum Gasteiger partial charge on any atom is -0.481 e. The minimum absolute atomic E-state index is 0.00449. The van der Waals surface area contributed by atoms with Crippen LogP contribution in [-0.2, 0) is 18.3 Å². The Morgan fingerprint density at radius 3 is 2.62 bits per heavy atom. The molecule has 9 heteroatoms. The molecule has 7 rings (SSSR count). The Bertz CT molecular complexity index is 1600. The molecule has 1 aliphatic carbocycles. The zero-order valence-electron chi connectivity index (χ0n) is 21.4. The van der Waals surface area contributed by atoms with Crippen LogP contribution in [-0.4, -0.2) is 51.0 Å². The van der Waals surface area contributed by atoms with E-state index in [1.807, 2.05) is 50.5 Å². The van der Waals surface area contributed by atoms with Crippen molar-refractivity contribution in [2.24, 2.45) is 7.05 Å². The summed E-state index contributed by atoms with van der Waals surface area (Å²) in [7, 11) is 5.41. The molecule has 2 bridgehead atoms. The molecule has 0 spiro atoms. The van der Waals surface area contributed by atoms with Gasteiger partial charge in [0.1, 0.15) is 11.2 Å². The van der Waals surface area contributed by atoms with Gasteiger partial charge in [0.25, 0.3) is 11.1 Å². The first kappa shape index (κ1) is 23.7. The normalized spacial score (nSPS) is 23.0. The van der Waals surface area contributed by atoms with Crippen LogP contribution < -0.4 is 20.8 Å². The van der Waals surface area contributed by atoms with Gasteiger partial charge in [0.15, 0.2) is 5.65 Å². The number of ether oxygens (including phenoxy) is 2. The van der Waals surface area contributed by atoms with E-state index in [4.69, 9.17) is 9.47 Å². The monoisotopic (exact) mass is 501 g/mol. The largest absolute Gasteiger partial charge is 0.481 e. The molecule has 3 aromatic heterocycles. The van der Waals surface area contributed by atoms with Gasteiger partial charge in [0, 0.05) is 32.1 Å². The van der Waals surface area contributed by atoms with Crippen molar-refractivity contribution in [1.82, 2.24) is 19.1 Å². The number of pyridine rings is 2. The molecular weight excluding hydrogens is 470 g/mol. The Hall–Kier alpha value is -3.72. The molecule has 2 aliphatic heterocycles. The summed E-state index contributed by atoms with van der Waals surface area (Å²) >= 11 is 0. The number of hydrogen-bond acceptors (Lipinski definition) is 7. The molecule has 5 heterocycles. The van der Waals surface area contributed by atoms with Crippen LogP contribution in [0.15, 0.2) is 58.3 Å². The molecule has 4 aromatic rings. The lowest BCUT2D eigenvalue weighted by Gasteiger charge is -2.57. The molecule has 1 aromatic carbocycles. The van der Waals surface area contributed by atoms with E-state index in [1.54, 1.807) is 22.3 Å². The van der Waals surface area contributed by atoms with Crippen LogP contribution in [0.3, 0.4) is 0 Å². The van der Waals surface area contributed by atoms with Crippen LogP contribution in [0.4, 0.5) is 5.69 Å². The Balaban J connectivity index is 1.23. The number of aromatic nitrogens is 4. The molecule has 2 saturated heterocycles. The maximum absolute atomic E-state index is 13.3. The molecule has 3 fully saturated rings. The second-order valence-corrected chi connectivity index (χ2v) is 10.4. The van der Waals surface area contributed by atoms with Crippen LogP contribution in [0, 0.1) is 0 Å². The highest BCUT2D eigenvalue weighted by molar-refractivity contribution is 5.82. The lowest BCUT2D eigenvalue weighted by atomic mass is 9.69. The van der Waals surface area contributed by atoms with E-state index in [-0.39, 0.29) is 22.3 Å².